The number of hydrogen-bond acceptors (Lipinski definition) is 4. The molecule has 0 aliphatic carbocycles. The first kappa shape index (κ1) is 18.6. The first-order valence-electron chi connectivity index (χ1n) is 9.02. The average Bonchev–Trinajstić information content (AvgIpc) is 2.74. The van der Waals surface area contributed by atoms with E-state index in [2.05, 4.69) is 10.2 Å². The third-order valence-electron chi connectivity index (χ3n) is 4.65. The highest BCUT2D eigenvalue weighted by molar-refractivity contribution is 5.94. The first-order chi connectivity index (χ1) is 13.2. The predicted molar refractivity (Wildman–Crippen MR) is 102 cm³/mol. The van der Waals surface area contributed by atoms with Crippen molar-refractivity contribution in [1.29, 1.82) is 5.26 Å². The Morgan fingerprint density at radius 2 is 1.67 bits per heavy atom. The van der Waals surface area contributed by atoms with Crippen molar-refractivity contribution in [3.8, 4) is 6.07 Å². The van der Waals surface area contributed by atoms with E-state index in [1.807, 2.05) is 41.3 Å². The summed E-state index contributed by atoms with van der Waals surface area (Å²) >= 11 is 0. The number of rotatable bonds is 5. The van der Waals surface area contributed by atoms with Crippen LogP contribution in [0.15, 0.2) is 54.6 Å². The molecule has 1 heterocycles. The molecule has 2 aromatic carbocycles. The molecule has 0 saturated carbocycles. The summed E-state index contributed by atoms with van der Waals surface area (Å²) in [5.74, 6) is -0.106. The van der Waals surface area contributed by atoms with E-state index in [1.165, 1.54) is 0 Å². The van der Waals surface area contributed by atoms with Gasteiger partial charge in [-0.2, -0.15) is 5.26 Å². The molecule has 0 radical (unpaired) electrons. The highest BCUT2D eigenvalue weighted by Gasteiger charge is 2.21. The maximum atomic E-state index is 12.4. The van der Waals surface area contributed by atoms with E-state index >= 15 is 0 Å². The first-order valence-corrected chi connectivity index (χ1v) is 9.02. The van der Waals surface area contributed by atoms with Crippen LogP contribution in [-0.2, 0) is 0 Å². The van der Waals surface area contributed by atoms with Crippen LogP contribution in [0.25, 0.3) is 0 Å². The van der Waals surface area contributed by atoms with Gasteiger partial charge in [0.25, 0.3) is 11.8 Å². The summed E-state index contributed by atoms with van der Waals surface area (Å²) in [6, 6.07) is 18.0. The zero-order valence-electron chi connectivity index (χ0n) is 15.1. The standard InChI is InChI=1S/C21H22N4O2/c22-16-17-5-4-8-19(15-17)20(26)23-9-10-24-11-13-25(14-12-24)21(27)18-6-2-1-3-7-18/h1-8,15H,9-14H2,(H,23,26). The van der Waals surface area contributed by atoms with Crippen LogP contribution in [0, 0.1) is 11.3 Å². The van der Waals surface area contributed by atoms with Gasteiger partial charge in [-0.05, 0) is 30.3 Å². The molecule has 2 amide bonds. The molecule has 6 heteroatoms. The van der Waals surface area contributed by atoms with Crippen LogP contribution in [0.1, 0.15) is 26.3 Å². The molecule has 0 spiro atoms. The van der Waals surface area contributed by atoms with Crippen LogP contribution >= 0.6 is 0 Å². The lowest BCUT2D eigenvalue weighted by Crippen LogP contribution is -2.50. The molecular weight excluding hydrogens is 340 g/mol. The number of nitrogens with zero attached hydrogens (tertiary/aromatic N) is 3. The van der Waals surface area contributed by atoms with Crippen LogP contribution in [-0.4, -0.2) is 60.9 Å². The molecule has 0 unspecified atom stereocenters. The van der Waals surface area contributed by atoms with Gasteiger partial charge in [-0.15, -0.1) is 0 Å². The van der Waals surface area contributed by atoms with Gasteiger partial charge in [0.1, 0.15) is 0 Å². The van der Waals surface area contributed by atoms with E-state index in [0.717, 1.165) is 25.2 Å². The van der Waals surface area contributed by atoms with Crippen LogP contribution in [0.3, 0.4) is 0 Å². The molecule has 1 saturated heterocycles. The molecule has 0 aromatic heterocycles. The lowest BCUT2D eigenvalue weighted by molar-refractivity contribution is 0.0638. The third kappa shape index (κ3) is 4.93. The van der Waals surface area contributed by atoms with Crippen molar-refractivity contribution in [2.75, 3.05) is 39.3 Å². The number of amides is 2. The van der Waals surface area contributed by atoms with E-state index in [0.29, 0.717) is 30.8 Å². The molecule has 0 bridgehead atoms. The second-order valence-electron chi connectivity index (χ2n) is 6.45. The SMILES string of the molecule is N#Cc1cccc(C(=O)NCCN2CCN(C(=O)c3ccccc3)CC2)c1. The number of piperazine rings is 1. The summed E-state index contributed by atoms with van der Waals surface area (Å²) in [5.41, 5.74) is 1.69. The Labute approximate surface area is 159 Å². The Morgan fingerprint density at radius 1 is 0.963 bits per heavy atom. The van der Waals surface area contributed by atoms with Crippen molar-refractivity contribution in [3.05, 3.63) is 71.3 Å². The van der Waals surface area contributed by atoms with Crippen LogP contribution in [0.5, 0.6) is 0 Å². The maximum Gasteiger partial charge on any atom is 0.253 e. The lowest BCUT2D eigenvalue weighted by atomic mass is 10.1. The Kier molecular flexibility index (Phi) is 6.18. The Balaban J connectivity index is 1.41. The molecule has 1 aliphatic rings. The van der Waals surface area contributed by atoms with Crippen molar-refractivity contribution in [2.45, 2.75) is 0 Å². The highest BCUT2D eigenvalue weighted by Crippen LogP contribution is 2.08. The minimum atomic E-state index is -0.176. The van der Waals surface area contributed by atoms with Crippen LogP contribution in [0.2, 0.25) is 0 Å². The third-order valence-corrected chi connectivity index (χ3v) is 4.65. The predicted octanol–water partition coefficient (Wildman–Crippen LogP) is 1.75. The topological polar surface area (TPSA) is 76.4 Å². The van der Waals surface area contributed by atoms with Gasteiger partial charge in [0, 0.05) is 50.4 Å². The van der Waals surface area contributed by atoms with Crippen molar-refractivity contribution in [2.24, 2.45) is 0 Å². The van der Waals surface area contributed by atoms with Gasteiger partial charge < -0.3 is 10.2 Å². The summed E-state index contributed by atoms with van der Waals surface area (Å²) in [4.78, 5) is 28.7. The quantitative estimate of drug-likeness (QED) is 0.879. The van der Waals surface area contributed by atoms with Gasteiger partial charge in [-0.1, -0.05) is 24.3 Å². The second-order valence-corrected chi connectivity index (χ2v) is 6.45. The minimum Gasteiger partial charge on any atom is -0.351 e. The fraction of sp³-hybridized carbons (Fsp3) is 0.286. The molecule has 3 rings (SSSR count). The van der Waals surface area contributed by atoms with Gasteiger partial charge in [-0.25, -0.2) is 0 Å². The number of nitriles is 1. The van der Waals surface area contributed by atoms with Gasteiger partial charge in [0.2, 0.25) is 0 Å². The number of nitrogens with one attached hydrogen (secondary N) is 1. The molecule has 1 aliphatic heterocycles. The fourth-order valence-corrected chi connectivity index (χ4v) is 3.10. The Bertz CT molecular complexity index is 837. The van der Waals surface area contributed by atoms with E-state index in [9.17, 15) is 9.59 Å². The van der Waals surface area contributed by atoms with Crippen molar-refractivity contribution in [3.63, 3.8) is 0 Å². The molecule has 2 aromatic rings. The van der Waals surface area contributed by atoms with Gasteiger partial charge in [0.05, 0.1) is 11.6 Å². The number of carbonyl (C=O) groups is 2. The molecule has 138 valence electrons. The zero-order chi connectivity index (χ0) is 19.1. The summed E-state index contributed by atoms with van der Waals surface area (Å²) in [7, 11) is 0. The minimum absolute atomic E-state index is 0.0703. The number of hydrogen-bond donors (Lipinski definition) is 1. The van der Waals surface area contributed by atoms with E-state index in [-0.39, 0.29) is 11.8 Å². The van der Waals surface area contributed by atoms with Crippen LogP contribution in [0.4, 0.5) is 0 Å². The normalized spacial score (nSPS) is 14.4. The van der Waals surface area contributed by atoms with E-state index in [1.54, 1.807) is 24.3 Å². The Hall–Kier alpha value is -3.17. The zero-order valence-corrected chi connectivity index (χ0v) is 15.1. The van der Waals surface area contributed by atoms with Gasteiger partial charge in [-0.3, -0.25) is 14.5 Å². The van der Waals surface area contributed by atoms with Gasteiger partial charge in [0.15, 0.2) is 0 Å². The molecule has 27 heavy (non-hydrogen) atoms. The number of carbonyl (C=O) groups excluding carboxylic acids is 2. The largest absolute Gasteiger partial charge is 0.351 e. The highest BCUT2D eigenvalue weighted by atomic mass is 16.2. The molecule has 1 N–H and O–H groups in total. The smallest absolute Gasteiger partial charge is 0.253 e. The molecule has 0 atom stereocenters. The second kappa shape index (κ2) is 8.97. The lowest BCUT2D eigenvalue weighted by Gasteiger charge is -2.34. The molecular formula is C21H22N4O2. The van der Waals surface area contributed by atoms with E-state index in [4.69, 9.17) is 5.26 Å². The number of benzene rings is 2. The van der Waals surface area contributed by atoms with Crippen molar-refractivity contribution >= 4 is 11.8 Å². The molecule has 6 nitrogen and oxygen atoms in total. The summed E-state index contributed by atoms with van der Waals surface area (Å²) in [5, 5.41) is 11.8. The van der Waals surface area contributed by atoms with Crippen molar-refractivity contribution in [1.82, 2.24) is 15.1 Å². The van der Waals surface area contributed by atoms with Crippen LogP contribution < -0.4 is 5.32 Å². The van der Waals surface area contributed by atoms with Crippen molar-refractivity contribution < 1.29 is 9.59 Å². The molecule has 1 fully saturated rings. The fourth-order valence-electron chi connectivity index (χ4n) is 3.10. The average molecular weight is 362 g/mol. The summed E-state index contributed by atoms with van der Waals surface area (Å²) in [6.07, 6.45) is 0. The Morgan fingerprint density at radius 3 is 2.37 bits per heavy atom. The summed E-state index contributed by atoms with van der Waals surface area (Å²) in [6.45, 7) is 4.22. The van der Waals surface area contributed by atoms with Gasteiger partial charge >= 0.3 is 0 Å². The van der Waals surface area contributed by atoms with E-state index < -0.39 is 0 Å². The monoisotopic (exact) mass is 362 g/mol. The summed E-state index contributed by atoms with van der Waals surface area (Å²) < 4.78 is 0. The maximum absolute atomic E-state index is 12.4.